The van der Waals surface area contributed by atoms with Crippen LogP contribution in [0.25, 0.3) is 17.2 Å². The van der Waals surface area contributed by atoms with Crippen LogP contribution >= 0.6 is 11.8 Å². The molecule has 0 spiro atoms. The van der Waals surface area contributed by atoms with Gasteiger partial charge in [-0.1, -0.05) is 67.4 Å². The molecule has 8 heteroatoms. The molecule has 5 rings (SSSR count). The van der Waals surface area contributed by atoms with E-state index < -0.39 is 11.4 Å². The summed E-state index contributed by atoms with van der Waals surface area (Å²) in [5.74, 6) is -1.44. The first-order valence-corrected chi connectivity index (χ1v) is 12.2. The topological polar surface area (TPSA) is 78.8 Å². The average molecular weight is 511 g/mol. The van der Waals surface area contributed by atoms with E-state index in [-0.39, 0.29) is 42.7 Å². The number of amides is 1. The van der Waals surface area contributed by atoms with Crippen molar-refractivity contribution in [3.63, 3.8) is 0 Å². The molecule has 5 nitrogen and oxygen atoms in total. The summed E-state index contributed by atoms with van der Waals surface area (Å²) in [5, 5.41) is 12.9. The fourth-order valence-corrected chi connectivity index (χ4v) is 5.52. The van der Waals surface area contributed by atoms with Crippen molar-refractivity contribution in [2.45, 2.75) is 31.1 Å². The van der Waals surface area contributed by atoms with E-state index >= 15 is 0 Å². The molecule has 36 heavy (non-hydrogen) atoms. The number of rotatable bonds is 5. The molecule has 2 N–H and O–H groups in total. The molecule has 3 aromatic rings. The van der Waals surface area contributed by atoms with E-state index in [2.05, 4.69) is 10.3 Å². The molecule has 1 saturated heterocycles. The maximum atomic E-state index is 14.7. The summed E-state index contributed by atoms with van der Waals surface area (Å²) in [4.78, 5) is 29.3. The Kier molecular flexibility index (Phi) is 8.15. The molecule has 0 bridgehead atoms. The van der Waals surface area contributed by atoms with Gasteiger partial charge in [-0.2, -0.15) is 0 Å². The number of hydrogen-bond donors (Lipinski definition) is 2. The number of aliphatic carboxylic acids is 1. The van der Waals surface area contributed by atoms with Crippen LogP contribution in [0.2, 0.25) is 0 Å². The third kappa shape index (κ3) is 5.34. The number of thioether (sulfide) groups is 1. The predicted octanol–water partition coefficient (Wildman–Crippen LogP) is 3.40. The Bertz CT molecular complexity index is 1360. The van der Waals surface area contributed by atoms with E-state index in [9.17, 15) is 19.1 Å². The number of benzene rings is 3. The van der Waals surface area contributed by atoms with Crippen LogP contribution in [0.3, 0.4) is 0 Å². The summed E-state index contributed by atoms with van der Waals surface area (Å²) in [7, 11) is 0. The first kappa shape index (κ1) is 26.4. The second-order valence-corrected chi connectivity index (χ2v) is 9.76. The van der Waals surface area contributed by atoms with Crippen LogP contribution < -0.4 is 34.9 Å². The van der Waals surface area contributed by atoms with Crippen LogP contribution in [0.1, 0.15) is 38.2 Å². The van der Waals surface area contributed by atoms with Crippen molar-refractivity contribution in [2.24, 2.45) is 4.99 Å². The minimum absolute atomic E-state index is 0. The zero-order chi connectivity index (χ0) is 24.4. The molecule has 2 aliphatic rings. The van der Waals surface area contributed by atoms with Gasteiger partial charge in [0, 0.05) is 5.56 Å². The standard InChI is InChI=1S/C28H23FN2O3S.Na.H/c29-23-16-18(8-13-22(23)19-6-2-1-3-7-19)17-24-25(32)31-27(35-24)30-21-11-9-20(10-12-21)28(26(33)34)14-4-5-15-28;;/h1-3,6-13,16-17H,4-5,14-15H2,(H,33,34)(H,30,31,32);;/q;+1;-1/b24-17+;;. The van der Waals surface area contributed by atoms with Gasteiger partial charge < -0.3 is 11.8 Å². The van der Waals surface area contributed by atoms with Gasteiger partial charge in [0.2, 0.25) is 0 Å². The number of nitrogens with one attached hydrogen (secondary N) is 1. The maximum absolute atomic E-state index is 14.7. The number of carbonyl (C=O) groups is 2. The summed E-state index contributed by atoms with van der Waals surface area (Å²) >= 11 is 1.18. The third-order valence-corrected chi connectivity index (χ3v) is 7.45. The number of hydrogen-bond acceptors (Lipinski definition) is 4. The number of carboxylic acid groups (broad SMARTS) is 1. The van der Waals surface area contributed by atoms with Crippen LogP contribution in [-0.4, -0.2) is 22.2 Å². The monoisotopic (exact) mass is 510 g/mol. The fraction of sp³-hybridized carbons (Fsp3) is 0.179. The normalized spacial score (nSPS) is 18.8. The SMILES string of the molecule is O=C1NC(=Nc2ccc(C3(C(=O)O)CCCC3)cc2)S/C1=C/c1ccc(-c2ccccc2)c(F)c1.[H-].[Na+]. The van der Waals surface area contributed by atoms with E-state index in [1.54, 1.807) is 30.3 Å². The van der Waals surface area contributed by atoms with Crippen LogP contribution in [0, 0.1) is 5.82 Å². The number of carbonyl (C=O) groups excluding carboxylic acids is 1. The molecule has 2 fully saturated rings. The van der Waals surface area contributed by atoms with E-state index in [1.807, 2.05) is 42.5 Å². The first-order chi connectivity index (χ1) is 16.9. The summed E-state index contributed by atoms with van der Waals surface area (Å²) < 4.78 is 14.7. The minimum Gasteiger partial charge on any atom is -1.00 e. The van der Waals surface area contributed by atoms with Crippen molar-refractivity contribution in [2.75, 3.05) is 0 Å². The van der Waals surface area contributed by atoms with Crippen LogP contribution in [0.15, 0.2) is 82.7 Å². The van der Waals surface area contributed by atoms with Gasteiger partial charge in [-0.05, 0) is 65.6 Å². The number of carboxylic acids is 1. The van der Waals surface area contributed by atoms with E-state index in [1.165, 1.54) is 17.8 Å². The van der Waals surface area contributed by atoms with Crippen molar-refractivity contribution in [3.05, 3.63) is 94.6 Å². The molecule has 0 aromatic heterocycles. The molecule has 0 radical (unpaired) electrons. The number of amidine groups is 1. The van der Waals surface area contributed by atoms with Crippen molar-refractivity contribution >= 4 is 40.6 Å². The Balaban J connectivity index is 0.00000190. The average Bonchev–Trinajstić information content (AvgIpc) is 3.48. The van der Waals surface area contributed by atoms with Crippen LogP contribution in [-0.2, 0) is 15.0 Å². The summed E-state index contributed by atoms with van der Waals surface area (Å²) in [6, 6.07) is 21.4. The molecule has 1 aliphatic heterocycles. The van der Waals surface area contributed by atoms with E-state index in [0.29, 0.717) is 39.7 Å². The third-order valence-electron chi connectivity index (χ3n) is 6.54. The largest absolute Gasteiger partial charge is 1.00 e. The van der Waals surface area contributed by atoms with Gasteiger partial charge in [0.05, 0.1) is 16.0 Å². The second kappa shape index (κ2) is 11.1. The number of halogens is 1. The van der Waals surface area contributed by atoms with E-state index in [4.69, 9.17) is 0 Å². The molecule has 1 heterocycles. The molecule has 0 atom stereocenters. The zero-order valence-electron chi connectivity index (χ0n) is 20.8. The second-order valence-electron chi connectivity index (χ2n) is 8.73. The van der Waals surface area contributed by atoms with Gasteiger partial charge in [0.15, 0.2) is 5.17 Å². The van der Waals surface area contributed by atoms with Gasteiger partial charge >= 0.3 is 35.5 Å². The minimum atomic E-state index is -0.816. The molecular formula is C28H24FN2NaO3S. The molecule has 1 saturated carbocycles. The summed E-state index contributed by atoms with van der Waals surface area (Å²) in [5.41, 5.74) is 2.47. The van der Waals surface area contributed by atoms with Gasteiger partial charge in [0.25, 0.3) is 5.91 Å². The van der Waals surface area contributed by atoms with Crippen molar-refractivity contribution in [1.82, 2.24) is 5.32 Å². The van der Waals surface area contributed by atoms with Gasteiger partial charge in [-0.25, -0.2) is 9.38 Å². The number of nitrogens with zero attached hydrogens (tertiary/aromatic N) is 1. The molecular weight excluding hydrogens is 486 g/mol. The summed E-state index contributed by atoms with van der Waals surface area (Å²) in [6.45, 7) is 0. The molecule has 3 aromatic carbocycles. The summed E-state index contributed by atoms with van der Waals surface area (Å²) in [6.07, 6.45) is 4.74. The molecule has 1 aliphatic carbocycles. The Morgan fingerprint density at radius 1 is 1.06 bits per heavy atom. The first-order valence-electron chi connectivity index (χ1n) is 11.4. The molecule has 178 valence electrons. The smallest absolute Gasteiger partial charge is 1.00 e. The molecule has 1 amide bonds. The van der Waals surface area contributed by atoms with Crippen LogP contribution in [0.5, 0.6) is 0 Å². The van der Waals surface area contributed by atoms with Crippen LogP contribution in [0.4, 0.5) is 10.1 Å². The van der Waals surface area contributed by atoms with Crippen molar-refractivity contribution in [1.29, 1.82) is 0 Å². The Morgan fingerprint density at radius 2 is 1.75 bits per heavy atom. The number of aliphatic imine (C=N–C) groups is 1. The van der Waals surface area contributed by atoms with E-state index in [0.717, 1.165) is 24.0 Å². The van der Waals surface area contributed by atoms with Crippen molar-refractivity contribution in [3.8, 4) is 11.1 Å². The Hall–Kier alpha value is -2.71. The zero-order valence-corrected chi connectivity index (χ0v) is 22.6. The van der Waals surface area contributed by atoms with Gasteiger partial charge in [-0.3, -0.25) is 9.59 Å². The molecule has 0 unspecified atom stereocenters. The van der Waals surface area contributed by atoms with Gasteiger partial charge in [0.1, 0.15) is 5.82 Å². The predicted molar refractivity (Wildman–Crippen MR) is 138 cm³/mol. The van der Waals surface area contributed by atoms with Crippen molar-refractivity contribution < 1.29 is 50.1 Å². The Morgan fingerprint density at radius 3 is 2.39 bits per heavy atom. The van der Waals surface area contributed by atoms with Gasteiger partial charge in [-0.15, -0.1) is 0 Å². The quantitative estimate of drug-likeness (QED) is 0.408. The maximum Gasteiger partial charge on any atom is 1.00 e. The Labute approximate surface area is 236 Å². The fourth-order valence-electron chi connectivity index (χ4n) is 4.68.